The lowest BCUT2D eigenvalue weighted by atomic mass is 10.1. The summed E-state index contributed by atoms with van der Waals surface area (Å²) >= 11 is 0. The molecule has 0 saturated carbocycles. The maximum Gasteiger partial charge on any atom is 0.274 e. The van der Waals surface area contributed by atoms with Crippen LogP contribution in [0.5, 0.6) is 11.5 Å². The quantitative estimate of drug-likeness (QED) is 0.608. The van der Waals surface area contributed by atoms with Crippen LogP contribution in [0, 0.1) is 6.92 Å². The Morgan fingerprint density at radius 2 is 1.72 bits per heavy atom. The van der Waals surface area contributed by atoms with Gasteiger partial charge in [-0.25, -0.2) is 9.97 Å². The average Bonchev–Trinajstić information content (AvgIpc) is 2.75. The Balaban J connectivity index is 1.58. The minimum absolute atomic E-state index is 0.279. The molecule has 0 atom stereocenters. The van der Waals surface area contributed by atoms with Crippen LogP contribution in [-0.4, -0.2) is 36.6 Å². The molecule has 3 aromatic rings. The summed E-state index contributed by atoms with van der Waals surface area (Å²) in [5, 5.41) is 6.06. The molecule has 1 heterocycles. The van der Waals surface area contributed by atoms with E-state index in [9.17, 15) is 4.79 Å². The molecule has 0 aliphatic heterocycles. The molecule has 0 bridgehead atoms. The van der Waals surface area contributed by atoms with Gasteiger partial charge in [-0.2, -0.15) is 0 Å². The number of benzene rings is 2. The summed E-state index contributed by atoms with van der Waals surface area (Å²) in [5.74, 6) is 1.71. The monoisotopic (exact) mass is 392 g/mol. The number of ether oxygens (including phenoxy) is 2. The maximum atomic E-state index is 12.4. The number of hydrogen-bond acceptors (Lipinski definition) is 6. The number of hydrogen-bond donors (Lipinski definition) is 2. The Hall–Kier alpha value is -3.61. The molecule has 29 heavy (non-hydrogen) atoms. The fourth-order valence-electron chi connectivity index (χ4n) is 2.78. The van der Waals surface area contributed by atoms with Gasteiger partial charge in [-0.1, -0.05) is 23.8 Å². The molecule has 0 radical (unpaired) electrons. The van der Waals surface area contributed by atoms with Crippen molar-refractivity contribution in [1.29, 1.82) is 0 Å². The average molecular weight is 392 g/mol. The van der Waals surface area contributed by atoms with Gasteiger partial charge in [0.05, 0.1) is 14.2 Å². The van der Waals surface area contributed by atoms with Gasteiger partial charge in [0.2, 0.25) is 0 Å². The molecular weight excluding hydrogens is 368 g/mol. The van der Waals surface area contributed by atoms with Crippen LogP contribution in [0.2, 0.25) is 0 Å². The van der Waals surface area contributed by atoms with Crippen LogP contribution in [-0.2, 0) is 6.42 Å². The number of carbonyl (C=O) groups is 1. The second-order valence-corrected chi connectivity index (χ2v) is 6.47. The predicted octanol–water partition coefficient (Wildman–Crippen LogP) is 3.71. The Bertz CT molecular complexity index is 974. The van der Waals surface area contributed by atoms with Gasteiger partial charge in [0, 0.05) is 18.3 Å². The van der Waals surface area contributed by atoms with Gasteiger partial charge in [-0.3, -0.25) is 4.79 Å². The number of nitrogens with one attached hydrogen (secondary N) is 2. The van der Waals surface area contributed by atoms with Gasteiger partial charge in [0.25, 0.3) is 5.91 Å². The first-order chi connectivity index (χ1) is 14.1. The third kappa shape index (κ3) is 5.44. The molecule has 150 valence electrons. The number of aryl methyl sites for hydroxylation is 1. The molecular formula is C22H24N4O3. The molecule has 1 aromatic heterocycles. The van der Waals surface area contributed by atoms with Crippen LogP contribution in [0.15, 0.2) is 54.9 Å². The van der Waals surface area contributed by atoms with Gasteiger partial charge in [0.1, 0.15) is 17.8 Å². The lowest BCUT2D eigenvalue weighted by Gasteiger charge is -2.10. The van der Waals surface area contributed by atoms with Crippen LogP contribution in [0.1, 0.15) is 21.6 Å². The normalized spacial score (nSPS) is 10.3. The second-order valence-electron chi connectivity index (χ2n) is 6.47. The Morgan fingerprint density at radius 1 is 0.966 bits per heavy atom. The summed E-state index contributed by atoms with van der Waals surface area (Å²) in [5.41, 5.74) is 3.25. The molecule has 0 aliphatic carbocycles. The first kappa shape index (κ1) is 20.1. The highest BCUT2D eigenvalue weighted by molar-refractivity contribution is 6.03. The van der Waals surface area contributed by atoms with Crippen LogP contribution in [0.3, 0.4) is 0 Å². The third-order valence-electron chi connectivity index (χ3n) is 4.38. The van der Waals surface area contributed by atoms with Gasteiger partial charge < -0.3 is 20.1 Å². The highest BCUT2D eigenvalue weighted by Crippen LogP contribution is 2.27. The van der Waals surface area contributed by atoms with E-state index in [1.54, 1.807) is 20.3 Å². The molecule has 2 aromatic carbocycles. The van der Waals surface area contributed by atoms with E-state index < -0.39 is 0 Å². The van der Waals surface area contributed by atoms with Crippen molar-refractivity contribution in [3.05, 3.63) is 71.7 Å². The lowest BCUT2D eigenvalue weighted by Crippen LogP contribution is -2.15. The molecule has 2 N–H and O–H groups in total. The molecule has 3 rings (SSSR count). The van der Waals surface area contributed by atoms with E-state index in [0.717, 1.165) is 23.2 Å². The van der Waals surface area contributed by atoms with Crippen molar-refractivity contribution in [2.45, 2.75) is 13.3 Å². The SMILES string of the molecule is COc1ccc(CCNc2cc(C(=O)Nc3ccc(C)cc3)ncn2)cc1OC. The number of methoxy groups -OCH3 is 2. The maximum absolute atomic E-state index is 12.4. The van der Waals surface area contributed by atoms with Gasteiger partial charge in [-0.15, -0.1) is 0 Å². The highest BCUT2D eigenvalue weighted by atomic mass is 16.5. The molecule has 1 amide bonds. The number of rotatable bonds is 8. The van der Waals surface area contributed by atoms with Gasteiger partial charge in [0.15, 0.2) is 11.5 Å². The van der Waals surface area contributed by atoms with E-state index in [0.29, 0.717) is 29.6 Å². The van der Waals surface area contributed by atoms with Crippen molar-refractivity contribution in [1.82, 2.24) is 9.97 Å². The van der Waals surface area contributed by atoms with Crippen molar-refractivity contribution < 1.29 is 14.3 Å². The Labute approximate surface area is 170 Å². The fraction of sp³-hybridized carbons (Fsp3) is 0.227. The zero-order valence-electron chi connectivity index (χ0n) is 16.7. The van der Waals surface area contributed by atoms with Crippen LogP contribution in [0.4, 0.5) is 11.5 Å². The Morgan fingerprint density at radius 3 is 2.45 bits per heavy atom. The van der Waals surface area contributed by atoms with Crippen molar-refractivity contribution in [3.8, 4) is 11.5 Å². The molecule has 0 unspecified atom stereocenters. The van der Waals surface area contributed by atoms with E-state index >= 15 is 0 Å². The Kier molecular flexibility index (Phi) is 6.63. The summed E-state index contributed by atoms with van der Waals surface area (Å²) in [4.78, 5) is 20.7. The first-order valence-electron chi connectivity index (χ1n) is 9.24. The van der Waals surface area contributed by atoms with Crippen molar-refractivity contribution in [2.75, 3.05) is 31.4 Å². The zero-order valence-corrected chi connectivity index (χ0v) is 16.7. The molecule has 7 nitrogen and oxygen atoms in total. The molecule has 7 heteroatoms. The standard InChI is InChI=1S/C22H24N4O3/c1-15-4-7-17(8-5-15)26-22(27)18-13-21(25-14-24-18)23-11-10-16-6-9-19(28-2)20(12-16)29-3/h4-9,12-14H,10-11H2,1-3H3,(H,26,27)(H,23,24,25). The molecule has 0 aliphatic rings. The second kappa shape index (κ2) is 9.54. The highest BCUT2D eigenvalue weighted by Gasteiger charge is 2.09. The van der Waals surface area contributed by atoms with Crippen molar-refractivity contribution >= 4 is 17.4 Å². The number of aromatic nitrogens is 2. The number of carbonyl (C=O) groups excluding carboxylic acids is 1. The van der Waals surface area contributed by atoms with Gasteiger partial charge >= 0.3 is 0 Å². The van der Waals surface area contributed by atoms with E-state index in [2.05, 4.69) is 20.6 Å². The largest absolute Gasteiger partial charge is 0.493 e. The van der Waals surface area contributed by atoms with E-state index in [-0.39, 0.29) is 5.91 Å². The number of nitrogens with zero attached hydrogens (tertiary/aromatic N) is 2. The van der Waals surface area contributed by atoms with Crippen molar-refractivity contribution in [2.24, 2.45) is 0 Å². The minimum Gasteiger partial charge on any atom is -0.493 e. The van der Waals surface area contributed by atoms with Crippen molar-refractivity contribution in [3.63, 3.8) is 0 Å². The van der Waals surface area contributed by atoms with E-state index in [1.165, 1.54) is 6.33 Å². The summed E-state index contributed by atoms with van der Waals surface area (Å²) in [6.07, 6.45) is 2.14. The summed E-state index contributed by atoms with van der Waals surface area (Å²) < 4.78 is 10.6. The zero-order chi connectivity index (χ0) is 20.6. The van der Waals surface area contributed by atoms with E-state index in [4.69, 9.17) is 9.47 Å². The molecule has 0 spiro atoms. The van der Waals surface area contributed by atoms with Crippen LogP contribution >= 0.6 is 0 Å². The lowest BCUT2D eigenvalue weighted by molar-refractivity contribution is 0.102. The predicted molar refractivity (Wildman–Crippen MR) is 113 cm³/mol. The molecule has 0 fully saturated rings. The topological polar surface area (TPSA) is 85.4 Å². The van der Waals surface area contributed by atoms with Crippen LogP contribution < -0.4 is 20.1 Å². The number of amides is 1. The number of anilines is 2. The molecule has 0 saturated heterocycles. The minimum atomic E-state index is -0.279. The van der Waals surface area contributed by atoms with E-state index in [1.807, 2.05) is 49.4 Å². The fourth-order valence-corrected chi connectivity index (χ4v) is 2.78. The summed E-state index contributed by atoms with van der Waals surface area (Å²) in [6.45, 7) is 2.64. The smallest absolute Gasteiger partial charge is 0.274 e. The third-order valence-corrected chi connectivity index (χ3v) is 4.38. The van der Waals surface area contributed by atoms with Gasteiger partial charge in [-0.05, 0) is 43.2 Å². The first-order valence-corrected chi connectivity index (χ1v) is 9.24. The van der Waals surface area contributed by atoms with Crippen LogP contribution in [0.25, 0.3) is 0 Å². The summed E-state index contributed by atoms with van der Waals surface area (Å²) in [6, 6.07) is 15.1. The summed E-state index contributed by atoms with van der Waals surface area (Å²) in [7, 11) is 3.23.